The van der Waals surface area contributed by atoms with E-state index >= 15 is 0 Å². The normalized spacial score (nSPS) is 11.1. The predicted molar refractivity (Wildman–Crippen MR) is 84.7 cm³/mol. The average molecular weight is 340 g/mol. The van der Waals surface area contributed by atoms with Crippen molar-refractivity contribution < 1.29 is 18.3 Å². The summed E-state index contributed by atoms with van der Waals surface area (Å²) in [5, 5.41) is 9.10. The van der Waals surface area contributed by atoms with E-state index < -0.39 is 16.0 Å². The molecule has 0 heterocycles. The molecule has 0 amide bonds. The lowest BCUT2D eigenvalue weighted by molar-refractivity contribution is -0.136. The summed E-state index contributed by atoms with van der Waals surface area (Å²) in [5.74, 6) is -1.08. The Hall–Kier alpha value is -2.05. The van der Waals surface area contributed by atoms with E-state index in [0.717, 1.165) is 4.31 Å². The molecule has 1 N–H and O–H groups in total. The monoisotopic (exact) mass is 339 g/mol. The minimum Gasteiger partial charge on any atom is -0.481 e. The molecule has 0 spiro atoms. The van der Waals surface area contributed by atoms with Crippen LogP contribution in [0, 0.1) is 0 Å². The van der Waals surface area contributed by atoms with Crippen molar-refractivity contribution in [2.45, 2.75) is 11.3 Å². The number of benzene rings is 2. The molecule has 0 fully saturated rings. The van der Waals surface area contributed by atoms with Crippen LogP contribution < -0.4 is 4.31 Å². The largest absolute Gasteiger partial charge is 0.481 e. The number of anilines is 1. The highest BCUT2D eigenvalue weighted by Crippen LogP contribution is 2.30. The highest BCUT2D eigenvalue weighted by molar-refractivity contribution is 7.92. The first kappa shape index (κ1) is 16.3. The highest BCUT2D eigenvalue weighted by Gasteiger charge is 2.26. The van der Waals surface area contributed by atoms with Crippen LogP contribution in [0.25, 0.3) is 0 Å². The first-order chi connectivity index (χ1) is 10.4. The smallest absolute Gasteiger partial charge is 0.305 e. The maximum absolute atomic E-state index is 12.8. The second-order valence-electron chi connectivity index (χ2n) is 4.49. The number of sulfonamides is 1. The second-order valence-corrected chi connectivity index (χ2v) is 6.75. The van der Waals surface area contributed by atoms with Gasteiger partial charge in [-0.2, -0.15) is 0 Å². The van der Waals surface area contributed by atoms with Gasteiger partial charge < -0.3 is 5.11 Å². The third-order valence-electron chi connectivity index (χ3n) is 2.98. The number of halogens is 1. The first-order valence-electron chi connectivity index (χ1n) is 6.47. The Morgan fingerprint density at radius 2 is 1.64 bits per heavy atom. The number of carbonyl (C=O) groups is 1. The third kappa shape index (κ3) is 3.58. The minimum absolute atomic E-state index is 0.0836. The van der Waals surface area contributed by atoms with E-state index in [1.54, 1.807) is 42.5 Å². The molecule has 5 nitrogen and oxygen atoms in total. The highest BCUT2D eigenvalue weighted by atomic mass is 35.5. The standard InChI is InChI=1S/C15H14ClNO4S/c16-13-8-4-5-9-14(13)17(11-10-15(18)19)22(20,21)12-6-2-1-3-7-12/h1-9H,10-11H2,(H,18,19). The molecular formula is C15H14ClNO4S. The molecule has 0 saturated heterocycles. The van der Waals surface area contributed by atoms with Crippen molar-refractivity contribution in [1.82, 2.24) is 0 Å². The summed E-state index contributed by atoms with van der Waals surface area (Å²) in [5.41, 5.74) is 0.259. The zero-order valence-electron chi connectivity index (χ0n) is 11.5. The van der Waals surface area contributed by atoms with E-state index in [1.807, 2.05) is 0 Å². The SMILES string of the molecule is O=C(O)CCN(c1ccccc1Cl)S(=O)(=O)c1ccccc1. The summed E-state index contributed by atoms with van der Waals surface area (Å²) in [7, 11) is -3.89. The van der Waals surface area contributed by atoms with Crippen LogP contribution in [0.4, 0.5) is 5.69 Å². The Morgan fingerprint density at radius 1 is 1.05 bits per heavy atom. The molecule has 0 bridgehead atoms. The van der Waals surface area contributed by atoms with Crippen molar-refractivity contribution in [3.8, 4) is 0 Å². The van der Waals surface area contributed by atoms with Gasteiger partial charge in [0, 0.05) is 6.54 Å². The molecule has 2 rings (SSSR count). The summed E-state index contributed by atoms with van der Waals surface area (Å²) in [6, 6.07) is 14.3. The van der Waals surface area contributed by atoms with Crippen LogP contribution in [0.2, 0.25) is 5.02 Å². The van der Waals surface area contributed by atoms with E-state index in [0.29, 0.717) is 0 Å². The van der Waals surface area contributed by atoms with Crippen molar-refractivity contribution >= 4 is 33.3 Å². The Morgan fingerprint density at radius 3 is 2.23 bits per heavy atom. The minimum atomic E-state index is -3.89. The van der Waals surface area contributed by atoms with Crippen LogP contribution in [-0.2, 0) is 14.8 Å². The number of para-hydroxylation sites is 1. The Labute approximate surface area is 133 Å². The van der Waals surface area contributed by atoms with Gasteiger partial charge in [-0.25, -0.2) is 8.42 Å². The van der Waals surface area contributed by atoms with Crippen molar-refractivity contribution in [1.29, 1.82) is 0 Å². The lowest BCUT2D eigenvalue weighted by Gasteiger charge is -2.24. The fourth-order valence-corrected chi connectivity index (χ4v) is 3.73. The molecule has 2 aromatic rings. The van der Waals surface area contributed by atoms with E-state index in [-0.39, 0.29) is 28.6 Å². The number of hydrogen-bond acceptors (Lipinski definition) is 3. The van der Waals surface area contributed by atoms with Crippen molar-refractivity contribution in [2.24, 2.45) is 0 Å². The van der Waals surface area contributed by atoms with Crippen LogP contribution in [0.15, 0.2) is 59.5 Å². The molecule has 7 heteroatoms. The second kappa shape index (κ2) is 6.81. The van der Waals surface area contributed by atoms with Gasteiger partial charge in [0.15, 0.2) is 0 Å². The van der Waals surface area contributed by atoms with Gasteiger partial charge in [-0.3, -0.25) is 9.10 Å². The third-order valence-corrected chi connectivity index (χ3v) is 5.13. The number of carboxylic acids is 1. The maximum atomic E-state index is 12.8. The molecule has 0 saturated carbocycles. The van der Waals surface area contributed by atoms with Crippen LogP contribution >= 0.6 is 11.6 Å². The van der Waals surface area contributed by atoms with Gasteiger partial charge in [-0.05, 0) is 24.3 Å². The molecule has 0 aliphatic rings. The maximum Gasteiger partial charge on any atom is 0.305 e. The van der Waals surface area contributed by atoms with Gasteiger partial charge in [0.2, 0.25) is 0 Å². The van der Waals surface area contributed by atoms with Crippen molar-refractivity contribution in [2.75, 3.05) is 10.8 Å². The Bertz CT molecular complexity index is 762. The van der Waals surface area contributed by atoms with E-state index in [9.17, 15) is 13.2 Å². The quantitative estimate of drug-likeness (QED) is 0.877. The number of aliphatic carboxylic acids is 1. The molecule has 22 heavy (non-hydrogen) atoms. The molecule has 116 valence electrons. The number of hydrogen-bond donors (Lipinski definition) is 1. The lowest BCUT2D eigenvalue weighted by atomic mass is 10.3. The summed E-state index contributed by atoms with van der Waals surface area (Å²) in [4.78, 5) is 10.9. The molecule has 2 aromatic carbocycles. The molecule has 0 aliphatic heterocycles. The van der Waals surface area contributed by atoms with Gasteiger partial charge in [-0.15, -0.1) is 0 Å². The number of rotatable bonds is 6. The first-order valence-corrected chi connectivity index (χ1v) is 8.29. The van der Waals surface area contributed by atoms with Crippen molar-refractivity contribution in [3.05, 3.63) is 59.6 Å². The summed E-state index contributed by atoms with van der Waals surface area (Å²) >= 11 is 6.07. The van der Waals surface area contributed by atoms with E-state index in [4.69, 9.17) is 16.7 Å². The van der Waals surface area contributed by atoms with Crippen LogP contribution in [0.3, 0.4) is 0 Å². The Kier molecular flexibility index (Phi) is 5.05. The van der Waals surface area contributed by atoms with Gasteiger partial charge in [0.05, 0.1) is 22.0 Å². The average Bonchev–Trinajstić information content (AvgIpc) is 2.49. The molecule has 0 aliphatic carbocycles. The van der Waals surface area contributed by atoms with Gasteiger partial charge in [-0.1, -0.05) is 41.9 Å². The van der Waals surface area contributed by atoms with E-state index in [2.05, 4.69) is 0 Å². The van der Waals surface area contributed by atoms with Crippen LogP contribution in [0.1, 0.15) is 6.42 Å². The summed E-state index contributed by atoms with van der Waals surface area (Å²) in [6.07, 6.45) is -0.322. The zero-order chi connectivity index (χ0) is 16.2. The van der Waals surface area contributed by atoms with Gasteiger partial charge in [0.25, 0.3) is 10.0 Å². The number of carboxylic acid groups (broad SMARTS) is 1. The molecule has 0 radical (unpaired) electrons. The molecule has 0 unspecified atom stereocenters. The van der Waals surface area contributed by atoms with Crippen LogP contribution in [0.5, 0.6) is 0 Å². The summed E-state index contributed by atoms with van der Waals surface area (Å²) < 4.78 is 26.6. The van der Waals surface area contributed by atoms with Crippen molar-refractivity contribution in [3.63, 3.8) is 0 Å². The Balaban J connectivity index is 2.49. The van der Waals surface area contributed by atoms with Crippen LogP contribution in [-0.4, -0.2) is 26.0 Å². The predicted octanol–water partition coefficient (Wildman–Crippen LogP) is 3.01. The molecular weight excluding hydrogens is 326 g/mol. The van der Waals surface area contributed by atoms with E-state index in [1.165, 1.54) is 12.1 Å². The summed E-state index contributed by atoms with van der Waals surface area (Å²) in [6.45, 7) is -0.198. The van der Waals surface area contributed by atoms with Gasteiger partial charge in [0.1, 0.15) is 0 Å². The topological polar surface area (TPSA) is 74.7 Å². The fraction of sp³-hybridized carbons (Fsp3) is 0.133. The number of nitrogens with zero attached hydrogens (tertiary/aromatic N) is 1. The lowest BCUT2D eigenvalue weighted by Crippen LogP contribution is -2.33. The van der Waals surface area contributed by atoms with Gasteiger partial charge >= 0.3 is 5.97 Å². The fourth-order valence-electron chi connectivity index (χ4n) is 1.94. The zero-order valence-corrected chi connectivity index (χ0v) is 13.1. The molecule has 0 atom stereocenters. The molecule has 0 aromatic heterocycles.